The Kier molecular flexibility index (Phi) is 4.65. The van der Waals surface area contributed by atoms with Crippen LogP contribution in [0.1, 0.15) is 47.2 Å². The number of carboxylic acid groups (broad SMARTS) is 1. The fourth-order valence-corrected chi connectivity index (χ4v) is 3.35. The second-order valence-electron chi connectivity index (χ2n) is 6.14. The number of rotatable bonds is 6. The van der Waals surface area contributed by atoms with Gasteiger partial charge < -0.3 is 9.84 Å². The van der Waals surface area contributed by atoms with Crippen molar-refractivity contribution in [3.8, 4) is 11.8 Å². The summed E-state index contributed by atoms with van der Waals surface area (Å²) in [4.78, 5) is 15.1. The highest BCUT2D eigenvalue weighted by atomic mass is 35.5. The first-order valence-electron chi connectivity index (χ1n) is 8.04. The van der Waals surface area contributed by atoms with Crippen molar-refractivity contribution >= 4 is 17.6 Å². The Morgan fingerprint density at radius 1 is 1.48 bits per heavy atom. The number of nitrogens with zero attached hydrogens (tertiary/aromatic N) is 2. The van der Waals surface area contributed by atoms with Gasteiger partial charge in [-0.25, -0.2) is 4.79 Å². The minimum Gasteiger partial charge on any atom is -0.494 e. The molecule has 25 heavy (non-hydrogen) atoms. The Bertz CT molecular complexity index is 862. The van der Waals surface area contributed by atoms with Crippen molar-refractivity contribution in [3.05, 3.63) is 58.4 Å². The molecular weight excluding hydrogens is 340 g/mol. The summed E-state index contributed by atoms with van der Waals surface area (Å²) in [7, 11) is 0. The van der Waals surface area contributed by atoms with E-state index < -0.39 is 11.4 Å². The van der Waals surface area contributed by atoms with Crippen LogP contribution in [0.3, 0.4) is 0 Å². The normalized spacial score (nSPS) is 21.4. The van der Waals surface area contributed by atoms with Crippen molar-refractivity contribution in [1.82, 2.24) is 4.98 Å². The average molecular weight is 357 g/mol. The van der Waals surface area contributed by atoms with Crippen molar-refractivity contribution < 1.29 is 14.6 Å². The first-order chi connectivity index (χ1) is 12.0. The molecule has 1 N–H and O–H groups in total. The third-order valence-corrected chi connectivity index (χ3v) is 4.81. The number of aromatic nitrogens is 1. The summed E-state index contributed by atoms with van der Waals surface area (Å²) < 4.78 is 5.57. The first-order valence-corrected chi connectivity index (χ1v) is 8.42. The van der Waals surface area contributed by atoms with Crippen molar-refractivity contribution in [2.45, 2.75) is 31.1 Å². The quantitative estimate of drug-likeness (QED) is 0.839. The lowest BCUT2D eigenvalue weighted by atomic mass is 9.92. The van der Waals surface area contributed by atoms with Crippen molar-refractivity contribution in [1.29, 1.82) is 5.26 Å². The molecule has 0 amide bonds. The predicted molar refractivity (Wildman–Crippen MR) is 93.1 cm³/mol. The molecule has 0 bridgehead atoms. The summed E-state index contributed by atoms with van der Waals surface area (Å²) in [5, 5.41) is 19.4. The summed E-state index contributed by atoms with van der Waals surface area (Å²) in [6, 6.07) is 9.35. The standard InChI is InChI=1S/C19H17ClN2O3/c1-2-5-25-14-3-4-15(17(20)7-14)16-8-19(16,11-21)13-6-12(18(23)24)9-22-10-13/h3-4,6-7,9-10,16H,2,5,8H2,1H3,(H,23,24). The second kappa shape index (κ2) is 6.73. The summed E-state index contributed by atoms with van der Waals surface area (Å²) in [5.41, 5.74) is 0.774. The molecule has 128 valence electrons. The van der Waals surface area contributed by atoms with Crippen LogP contribution in [0, 0.1) is 11.3 Å². The molecule has 2 aromatic rings. The van der Waals surface area contributed by atoms with Gasteiger partial charge in [0.25, 0.3) is 0 Å². The molecule has 0 radical (unpaired) electrons. The van der Waals surface area contributed by atoms with Gasteiger partial charge in [-0.15, -0.1) is 0 Å². The highest BCUT2D eigenvalue weighted by molar-refractivity contribution is 6.31. The van der Waals surface area contributed by atoms with E-state index in [-0.39, 0.29) is 11.5 Å². The Balaban J connectivity index is 1.90. The smallest absolute Gasteiger partial charge is 0.337 e. The number of aromatic carboxylic acids is 1. The molecule has 3 rings (SSSR count). The molecule has 2 atom stereocenters. The minimum absolute atomic E-state index is 0.0761. The largest absolute Gasteiger partial charge is 0.494 e. The van der Waals surface area contributed by atoms with E-state index in [4.69, 9.17) is 21.4 Å². The highest BCUT2D eigenvalue weighted by Crippen LogP contribution is 2.61. The molecule has 5 nitrogen and oxygen atoms in total. The van der Waals surface area contributed by atoms with Crippen molar-refractivity contribution in [3.63, 3.8) is 0 Å². The number of nitriles is 1. The zero-order chi connectivity index (χ0) is 18.0. The SMILES string of the molecule is CCCOc1ccc(C2CC2(C#N)c2cncc(C(=O)O)c2)c(Cl)c1. The van der Waals surface area contributed by atoms with Gasteiger partial charge in [-0.1, -0.05) is 24.6 Å². The summed E-state index contributed by atoms with van der Waals surface area (Å²) in [6.45, 7) is 2.65. The van der Waals surface area contributed by atoms with E-state index >= 15 is 0 Å². The van der Waals surface area contributed by atoms with E-state index in [0.29, 0.717) is 29.4 Å². The lowest BCUT2D eigenvalue weighted by Gasteiger charge is -2.12. The lowest BCUT2D eigenvalue weighted by molar-refractivity contribution is 0.0696. The summed E-state index contributed by atoms with van der Waals surface area (Å²) in [6.07, 6.45) is 4.33. The van der Waals surface area contributed by atoms with Gasteiger partial charge in [0.1, 0.15) is 5.75 Å². The van der Waals surface area contributed by atoms with Gasteiger partial charge in [0, 0.05) is 23.3 Å². The summed E-state index contributed by atoms with van der Waals surface area (Å²) >= 11 is 6.40. The van der Waals surface area contributed by atoms with E-state index in [9.17, 15) is 10.1 Å². The third kappa shape index (κ3) is 3.18. The maximum absolute atomic E-state index is 11.2. The van der Waals surface area contributed by atoms with Crippen LogP contribution in [-0.2, 0) is 5.41 Å². The van der Waals surface area contributed by atoms with Gasteiger partial charge in [-0.05, 0) is 42.2 Å². The maximum Gasteiger partial charge on any atom is 0.337 e. The molecule has 1 aliphatic carbocycles. The molecule has 6 heteroatoms. The summed E-state index contributed by atoms with van der Waals surface area (Å²) in [5.74, 6) is -0.445. The number of hydrogen-bond acceptors (Lipinski definition) is 4. The zero-order valence-corrected chi connectivity index (χ0v) is 14.5. The first kappa shape index (κ1) is 17.2. The Hall–Kier alpha value is -2.58. The zero-order valence-electron chi connectivity index (χ0n) is 13.7. The number of benzene rings is 1. The van der Waals surface area contributed by atoms with Crippen LogP contribution in [0.15, 0.2) is 36.7 Å². The van der Waals surface area contributed by atoms with E-state index in [1.807, 2.05) is 19.1 Å². The molecule has 1 heterocycles. The Morgan fingerprint density at radius 2 is 2.28 bits per heavy atom. The molecule has 1 aliphatic rings. The maximum atomic E-state index is 11.2. The van der Waals surface area contributed by atoms with E-state index in [1.54, 1.807) is 12.3 Å². The van der Waals surface area contributed by atoms with Crippen molar-refractivity contribution in [2.24, 2.45) is 0 Å². The third-order valence-electron chi connectivity index (χ3n) is 4.48. The van der Waals surface area contributed by atoms with Crippen LogP contribution in [0.5, 0.6) is 5.75 Å². The highest BCUT2D eigenvalue weighted by Gasteiger charge is 2.57. The molecule has 0 aliphatic heterocycles. The van der Waals surface area contributed by atoms with E-state index in [0.717, 1.165) is 12.0 Å². The molecule has 0 spiro atoms. The molecule has 0 saturated heterocycles. The van der Waals surface area contributed by atoms with Crippen LogP contribution >= 0.6 is 11.6 Å². The number of ether oxygens (including phenoxy) is 1. The van der Waals surface area contributed by atoms with Gasteiger partial charge in [-0.3, -0.25) is 4.98 Å². The van der Waals surface area contributed by atoms with Crippen molar-refractivity contribution in [2.75, 3.05) is 6.61 Å². The van der Waals surface area contributed by atoms with E-state index in [1.165, 1.54) is 12.3 Å². The van der Waals surface area contributed by atoms with Crippen LogP contribution in [0.25, 0.3) is 0 Å². The minimum atomic E-state index is -1.06. The lowest BCUT2D eigenvalue weighted by Crippen LogP contribution is -2.09. The van der Waals surface area contributed by atoms with Gasteiger partial charge in [0.05, 0.1) is 23.7 Å². The predicted octanol–water partition coefficient (Wildman–Crippen LogP) is 4.17. The van der Waals surface area contributed by atoms with Gasteiger partial charge >= 0.3 is 5.97 Å². The molecule has 1 fully saturated rings. The second-order valence-corrected chi connectivity index (χ2v) is 6.55. The average Bonchev–Trinajstić information content (AvgIpc) is 3.36. The van der Waals surface area contributed by atoms with Crippen LogP contribution in [-0.4, -0.2) is 22.7 Å². The Morgan fingerprint density at radius 3 is 2.92 bits per heavy atom. The fraction of sp³-hybridized carbons (Fsp3) is 0.316. The van der Waals surface area contributed by atoms with E-state index in [2.05, 4.69) is 11.1 Å². The number of carboxylic acids is 1. The molecule has 1 saturated carbocycles. The fourth-order valence-electron chi connectivity index (χ4n) is 3.05. The topological polar surface area (TPSA) is 83.2 Å². The molecule has 1 aromatic heterocycles. The molecular formula is C19H17ClN2O3. The Labute approximate surface area is 150 Å². The van der Waals surface area contributed by atoms with Gasteiger partial charge in [0.15, 0.2) is 0 Å². The van der Waals surface area contributed by atoms with Gasteiger partial charge in [0.2, 0.25) is 0 Å². The monoisotopic (exact) mass is 356 g/mol. The number of hydrogen-bond donors (Lipinski definition) is 1. The van der Waals surface area contributed by atoms with Crippen LogP contribution in [0.4, 0.5) is 0 Å². The number of halogens is 1. The number of pyridine rings is 1. The molecule has 2 unspecified atom stereocenters. The molecule has 1 aromatic carbocycles. The number of carbonyl (C=O) groups is 1. The van der Waals surface area contributed by atoms with Crippen LogP contribution < -0.4 is 4.74 Å². The van der Waals surface area contributed by atoms with Crippen LogP contribution in [0.2, 0.25) is 5.02 Å². The van der Waals surface area contributed by atoms with Gasteiger partial charge in [-0.2, -0.15) is 5.26 Å².